The standard InChI is InChI=1S/C20H25N3O3S3/c1-2-3-4-5-6-11-27-20-22-17-8-7-16(14-18(17)28-20)21-19(24)15-23-9-12-29(25,26)13-10-23/h7-8,14H,2-3,6,9-13,15H2,1H3,(H,21,24). The lowest BCUT2D eigenvalue weighted by atomic mass is 10.3. The van der Waals surface area contributed by atoms with Gasteiger partial charge in [-0.25, -0.2) is 13.4 Å². The number of nitrogens with zero attached hydrogens (tertiary/aromatic N) is 2. The molecule has 1 amide bonds. The maximum atomic E-state index is 12.3. The Balaban J connectivity index is 1.51. The summed E-state index contributed by atoms with van der Waals surface area (Å²) in [6, 6.07) is 5.71. The molecule has 1 aromatic carbocycles. The molecule has 0 aliphatic carbocycles. The summed E-state index contributed by atoms with van der Waals surface area (Å²) in [5.74, 6) is 7.37. The molecule has 1 fully saturated rings. The van der Waals surface area contributed by atoms with Crippen molar-refractivity contribution in [3.05, 3.63) is 18.2 Å². The van der Waals surface area contributed by atoms with Gasteiger partial charge < -0.3 is 5.32 Å². The number of benzene rings is 1. The minimum Gasteiger partial charge on any atom is -0.325 e. The normalized spacial score (nSPS) is 16.3. The monoisotopic (exact) mass is 451 g/mol. The smallest absolute Gasteiger partial charge is 0.238 e. The first-order valence-electron chi connectivity index (χ1n) is 9.67. The highest BCUT2D eigenvalue weighted by Crippen LogP contribution is 2.31. The minimum atomic E-state index is -2.93. The minimum absolute atomic E-state index is 0.123. The van der Waals surface area contributed by atoms with E-state index in [0.717, 1.165) is 45.3 Å². The molecule has 29 heavy (non-hydrogen) atoms. The molecule has 0 saturated carbocycles. The number of nitrogens with one attached hydrogen (secondary N) is 1. The van der Waals surface area contributed by atoms with Gasteiger partial charge in [-0.05, 0) is 24.6 Å². The predicted octanol–water partition coefficient (Wildman–Crippen LogP) is 3.25. The van der Waals surface area contributed by atoms with Crippen molar-refractivity contribution < 1.29 is 13.2 Å². The van der Waals surface area contributed by atoms with Crippen LogP contribution in [0.1, 0.15) is 26.2 Å². The lowest BCUT2D eigenvalue weighted by Gasteiger charge is -2.25. The highest BCUT2D eigenvalue weighted by Gasteiger charge is 2.23. The van der Waals surface area contributed by atoms with Crippen molar-refractivity contribution >= 4 is 54.7 Å². The lowest BCUT2D eigenvalue weighted by molar-refractivity contribution is -0.117. The third-order valence-electron chi connectivity index (χ3n) is 4.41. The van der Waals surface area contributed by atoms with Crippen molar-refractivity contribution in [3.8, 4) is 11.8 Å². The molecule has 0 radical (unpaired) electrons. The average molecular weight is 452 g/mol. The summed E-state index contributed by atoms with van der Waals surface area (Å²) in [6.07, 6.45) is 2.91. The molecular formula is C20H25N3O3S3. The van der Waals surface area contributed by atoms with E-state index in [1.54, 1.807) is 23.1 Å². The zero-order valence-corrected chi connectivity index (χ0v) is 18.9. The Bertz CT molecular complexity index is 1010. The number of hydrogen-bond donors (Lipinski definition) is 1. The van der Waals surface area contributed by atoms with Crippen LogP contribution in [0.4, 0.5) is 5.69 Å². The first-order chi connectivity index (χ1) is 13.9. The van der Waals surface area contributed by atoms with E-state index in [1.807, 2.05) is 23.1 Å². The average Bonchev–Trinajstić information content (AvgIpc) is 3.08. The molecular weight excluding hydrogens is 426 g/mol. The van der Waals surface area contributed by atoms with Crippen LogP contribution in [0.5, 0.6) is 0 Å². The molecule has 6 nitrogen and oxygen atoms in total. The Morgan fingerprint density at radius 1 is 1.28 bits per heavy atom. The molecule has 0 bridgehead atoms. The first-order valence-corrected chi connectivity index (χ1v) is 13.3. The van der Waals surface area contributed by atoms with Crippen molar-refractivity contribution in [3.63, 3.8) is 0 Å². The Hall–Kier alpha value is -1.60. The molecule has 0 spiro atoms. The summed E-state index contributed by atoms with van der Waals surface area (Å²) in [4.78, 5) is 18.8. The van der Waals surface area contributed by atoms with Crippen molar-refractivity contribution in [2.24, 2.45) is 0 Å². The number of hydrogen-bond acceptors (Lipinski definition) is 7. The topological polar surface area (TPSA) is 79.4 Å². The molecule has 3 rings (SSSR count). The number of fused-ring (bicyclic) bond motifs is 1. The Labute approximate surface area is 180 Å². The van der Waals surface area contributed by atoms with E-state index in [2.05, 4.69) is 29.1 Å². The Kier molecular flexibility index (Phi) is 7.95. The van der Waals surface area contributed by atoms with Gasteiger partial charge in [0.1, 0.15) is 0 Å². The van der Waals surface area contributed by atoms with E-state index in [0.29, 0.717) is 13.1 Å². The third-order valence-corrected chi connectivity index (χ3v) is 8.18. The van der Waals surface area contributed by atoms with Gasteiger partial charge >= 0.3 is 0 Å². The highest BCUT2D eigenvalue weighted by atomic mass is 32.2. The van der Waals surface area contributed by atoms with Crippen molar-refractivity contribution in [2.45, 2.75) is 30.5 Å². The van der Waals surface area contributed by atoms with E-state index in [9.17, 15) is 13.2 Å². The molecule has 2 heterocycles. The number of thioether (sulfide) groups is 1. The van der Waals surface area contributed by atoms with Crippen LogP contribution in [0.2, 0.25) is 0 Å². The van der Waals surface area contributed by atoms with Gasteiger partial charge in [0, 0.05) is 37.4 Å². The Morgan fingerprint density at radius 3 is 2.79 bits per heavy atom. The van der Waals surface area contributed by atoms with E-state index < -0.39 is 9.84 Å². The molecule has 1 aromatic heterocycles. The van der Waals surface area contributed by atoms with Gasteiger partial charge in [-0.15, -0.1) is 23.2 Å². The molecule has 1 N–H and O–H groups in total. The maximum Gasteiger partial charge on any atom is 0.238 e. The van der Waals surface area contributed by atoms with Crippen molar-refractivity contribution in [1.29, 1.82) is 0 Å². The number of amides is 1. The number of aromatic nitrogens is 1. The van der Waals surface area contributed by atoms with Crippen LogP contribution in [0, 0.1) is 11.8 Å². The Morgan fingerprint density at radius 2 is 2.03 bits per heavy atom. The largest absolute Gasteiger partial charge is 0.325 e. The number of unbranched alkanes of at least 4 members (excludes halogenated alkanes) is 1. The summed E-state index contributed by atoms with van der Waals surface area (Å²) < 4.78 is 25.0. The number of carbonyl (C=O) groups excluding carboxylic acids is 1. The molecule has 156 valence electrons. The maximum absolute atomic E-state index is 12.3. The van der Waals surface area contributed by atoms with Gasteiger partial charge in [0.2, 0.25) is 5.91 Å². The highest BCUT2D eigenvalue weighted by molar-refractivity contribution is 8.01. The van der Waals surface area contributed by atoms with Gasteiger partial charge in [0.15, 0.2) is 14.2 Å². The van der Waals surface area contributed by atoms with Crippen LogP contribution >= 0.6 is 23.1 Å². The second-order valence-corrected chi connectivity index (χ2v) is 11.5. The van der Waals surface area contributed by atoms with Crippen LogP contribution < -0.4 is 5.32 Å². The number of sulfone groups is 1. The van der Waals surface area contributed by atoms with Crippen LogP contribution in [0.15, 0.2) is 22.5 Å². The summed E-state index contributed by atoms with van der Waals surface area (Å²) in [5.41, 5.74) is 1.66. The predicted molar refractivity (Wildman–Crippen MR) is 121 cm³/mol. The van der Waals surface area contributed by atoms with E-state index >= 15 is 0 Å². The fourth-order valence-electron chi connectivity index (χ4n) is 2.85. The number of anilines is 1. The molecule has 2 aromatic rings. The molecule has 1 aliphatic heterocycles. The molecule has 0 atom stereocenters. The van der Waals surface area contributed by atoms with Crippen LogP contribution in [0.25, 0.3) is 10.2 Å². The SMILES string of the molecule is CCCC#CCCSc1nc2ccc(NC(=O)CN3CCS(=O)(=O)CC3)cc2s1. The molecule has 1 aliphatic rings. The molecule has 9 heteroatoms. The fourth-order valence-corrected chi connectivity index (χ4v) is 6.16. The van der Waals surface area contributed by atoms with Crippen molar-refractivity contribution in [2.75, 3.05) is 42.2 Å². The zero-order chi connectivity index (χ0) is 20.7. The van der Waals surface area contributed by atoms with E-state index in [4.69, 9.17) is 0 Å². The molecule has 0 unspecified atom stereocenters. The number of carbonyl (C=O) groups is 1. The number of rotatable bonds is 7. The van der Waals surface area contributed by atoms with Gasteiger partial charge in [0.25, 0.3) is 0 Å². The second kappa shape index (κ2) is 10.4. The summed E-state index contributed by atoms with van der Waals surface area (Å²) in [7, 11) is -2.93. The van der Waals surface area contributed by atoms with E-state index in [-0.39, 0.29) is 24.0 Å². The summed E-state index contributed by atoms with van der Waals surface area (Å²) in [5, 5.41) is 2.91. The summed E-state index contributed by atoms with van der Waals surface area (Å²) in [6.45, 7) is 3.15. The van der Waals surface area contributed by atoms with Gasteiger partial charge in [0.05, 0.1) is 28.3 Å². The van der Waals surface area contributed by atoms with E-state index in [1.165, 1.54) is 0 Å². The van der Waals surface area contributed by atoms with Gasteiger partial charge in [-0.1, -0.05) is 18.7 Å². The van der Waals surface area contributed by atoms with Gasteiger partial charge in [-0.3, -0.25) is 9.69 Å². The summed E-state index contributed by atoms with van der Waals surface area (Å²) >= 11 is 3.33. The fraction of sp³-hybridized carbons (Fsp3) is 0.500. The van der Waals surface area contributed by atoms with Crippen LogP contribution in [-0.2, 0) is 14.6 Å². The zero-order valence-electron chi connectivity index (χ0n) is 16.4. The van der Waals surface area contributed by atoms with Crippen LogP contribution in [0.3, 0.4) is 0 Å². The quantitative estimate of drug-likeness (QED) is 0.395. The lowest BCUT2D eigenvalue weighted by Crippen LogP contribution is -2.43. The first kappa shape index (κ1) is 22.1. The van der Waals surface area contributed by atoms with Crippen molar-refractivity contribution in [1.82, 2.24) is 9.88 Å². The van der Waals surface area contributed by atoms with Gasteiger partial charge in [-0.2, -0.15) is 0 Å². The van der Waals surface area contributed by atoms with Crippen LogP contribution in [-0.4, -0.2) is 61.1 Å². The number of thiazole rings is 1. The molecule has 1 saturated heterocycles. The third kappa shape index (κ3) is 7.00. The second-order valence-electron chi connectivity index (χ2n) is 6.84.